The van der Waals surface area contributed by atoms with Crippen LogP contribution in [0.5, 0.6) is 0 Å². The molecular weight excluding hydrogens is 374 g/mol. The number of fused-ring (bicyclic) bond motifs is 2. The predicted octanol–water partition coefficient (Wildman–Crippen LogP) is 3.10. The molecule has 3 unspecified atom stereocenters. The van der Waals surface area contributed by atoms with Crippen LogP contribution in [0.3, 0.4) is 0 Å². The van der Waals surface area contributed by atoms with Gasteiger partial charge in [-0.1, -0.05) is 42.4 Å². The molecule has 28 heavy (non-hydrogen) atoms. The molecule has 144 valence electrons. The van der Waals surface area contributed by atoms with Gasteiger partial charge in [0.15, 0.2) is 0 Å². The van der Waals surface area contributed by atoms with Crippen LogP contribution in [-0.2, 0) is 10.0 Å². The standard InChI is InChI=1S/C21H21N3O3S/c1-13-11-23(2)21-18(13)15-9-6-10-17-19(15)16(20(21)22-25)12-24(17)28(26,27)14-7-4-3-5-8-14/h3-10,12-13,18,21,25H,11H2,1-2H3. The minimum absolute atomic E-state index is 0.0617. The average molecular weight is 395 g/mol. The minimum Gasteiger partial charge on any atom is -0.411 e. The van der Waals surface area contributed by atoms with Crippen molar-refractivity contribution in [2.24, 2.45) is 11.1 Å². The van der Waals surface area contributed by atoms with Crippen LogP contribution in [0.4, 0.5) is 0 Å². The van der Waals surface area contributed by atoms with Crippen LogP contribution in [0.2, 0.25) is 0 Å². The largest absolute Gasteiger partial charge is 0.411 e. The van der Waals surface area contributed by atoms with Crippen LogP contribution in [0.1, 0.15) is 24.0 Å². The molecule has 7 heteroatoms. The fraction of sp³-hybridized carbons (Fsp3) is 0.286. The number of hydrogen-bond acceptors (Lipinski definition) is 5. The molecule has 3 atom stereocenters. The molecule has 5 rings (SSSR count). The van der Waals surface area contributed by atoms with Gasteiger partial charge in [-0.3, -0.25) is 4.90 Å². The van der Waals surface area contributed by atoms with E-state index in [0.717, 1.165) is 17.5 Å². The Hall–Kier alpha value is -2.64. The molecule has 2 aromatic carbocycles. The van der Waals surface area contributed by atoms with Crippen molar-refractivity contribution in [2.45, 2.75) is 23.8 Å². The van der Waals surface area contributed by atoms with Gasteiger partial charge in [-0.25, -0.2) is 12.4 Å². The number of rotatable bonds is 2. The third-order valence-electron chi connectivity index (χ3n) is 6.15. The summed E-state index contributed by atoms with van der Waals surface area (Å²) in [6.07, 6.45) is 1.61. The number of oxime groups is 1. The van der Waals surface area contributed by atoms with Gasteiger partial charge in [0.25, 0.3) is 10.0 Å². The van der Waals surface area contributed by atoms with Gasteiger partial charge in [-0.15, -0.1) is 0 Å². The Morgan fingerprint density at radius 2 is 1.86 bits per heavy atom. The first-order chi connectivity index (χ1) is 13.4. The van der Waals surface area contributed by atoms with Gasteiger partial charge in [0.05, 0.1) is 16.5 Å². The Balaban J connectivity index is 1.83. The SMILES string of the molecule is CC1CN(C)C2C(=NO)c3cn(S(=O)(=O)c4ccccc4)c4cccc(c34)C12. The fourth-order valence-electron chi connectivity index (χ4n) is 5.06. The number of likely N-dealkylation sites (tertiary alicyclic amines) is 1. The van der Waals surface area contributed by atoms with Crippen molar-refractivity contribution < 1.29 is 13.6 Å². The van der Waals surface area contributed by atoms with Crippen molar-refractivity contribution in [3.8, 4) is 0 Å². The molecule has 0 spiro atoms. The maximum atomic E-state index is 13.3. The quantitative estimate of drug-likeness (QED) is 0.534. The number of benzene rings is 2. The number of likely N-dealkylation sites (N-methyl/N-ethyl adjacent to an activating group) is 1. The highest BCUT2D eigenvalue weighted by molar-refractivity contribution is 7.90. The third kappa shape index (κ3) is 2.17. The molecule has 1 aliphatic carbocycles. The van der Waals surface area contributed by atoms with Gasteiger partial charge < -0.3 is 5.21 Å². The summed E-state index contributed by atoms with van der Waals surface area (Å²) >= 11 is 0. The van der Waals surface area contributed by atoms with Crippen LogP contribution < -0.4 is 0 Å². The summed E-state index contributed by atoms with van der Waals surface area (Å²) in [5, 5.41) is 14.4. The zero-order valence-corrected chi connectivity index (χ0v) is 16.5. The fourth-order valence-corrected chi connectivity index (χ4v) is 6.44. The third-order valence-corrected chi connectivity index (χ3v) is 7.84. The summed E-state index contributed by atoms with van der Waals surface area (Å²) < 4.78 is 28.0. The molecule has 0 radical (unpaired) electrons. The molecule has 2 heterocycles. The Morgan fingerprint density at radius 3 is 2.57 bits per heavy atom. The summed E-state index contributed by atoms with van der Waals surface area (Å²) in [4.78, 5) is 2.42. The second-order valence-electron chi connectivity index (χ2n) is 7.77. The van der Waals surface area contributed by atoms with Gasteiger partial charge in [0, 0.05) is 29.6 Å². The molecule has 1 aromatic heterocycles. The molecule has 1 saturated heterocycles. The van der Waals surface area contributed by atoms with Crippen molar-refractivity contribution in [2.75, 3.05) is 13.6 Å². The van der Waals surface area contributed by atoms with E-state index in [1.165, 1.54) is 3.97 Å². The van der Waals surface area contributed by atoms with Gasteiger partial charge in [0.2, 0.25) is 0 Å². The number of nitrogens with zero attached hydrogens (tertiary/aromatic N) is 3. The topological polar surface area (TPSA) is 74.9 Å². The zero-order valence-electron chi connectivity index (χ0n) is 15.6. The molecule has 6 nitrogen and oxygen atoms in total. The van der Waals surface area contributed by atoms with Gasteiger partial charge in [-0.2, -0.15) is 0 Å². The maximum absolute atomic E-state index is 13.3. The summed E-state index contributed by atoms with van der Waals surface area (Å²) in [6, 6.07) is 14.2. The first-order valence-corrected chi connectivity index (χ1v) is 10.8. The molecule has 0 amide bonds. The number of hydrogen-bond donors (Lipinski definition) is 1. The van der Waals surface area contributed by atoms with E-state index in [0.29, 0.717) is 22.7 Å². The molecule has 3 aromatic rings. The lowest BCUT2D eigenvalue weighted by Crippen LogP contribution is -2.39. The van der Waals surface area contributed by atoms with Gasteiger partial charge in [-0.05, 0) is 36.7 Å². The van der Waals surface area contributed by atoms with E-state index in [1.807, 2.05) is 19.2 Å². The van der Waals surface area contributed by atoms with E-state index in [2.05, 4.69) is 23.0 Å². The van der Waals surface area contributed by atoms with Crippen LogP contribution in [0.15, 0.2) is 64.8 Å². The van der Waals surface area contributed by atoms with Crippen LogP contribution in [-0.4, -0.2) is 47.8 Å². The van der Waals surface area contributed by atoms with E-state index in [4.69, 9.17) is 0 Å². The van der Waals surface area contributed by atoms with E-state index in [9.17, 15) is 13.6 Å². The van der Waals surface area contributed by atoms with Crippen molar-refractivity contribution >= 4 is 26.6 Å². The summed E-state index contributed by atoms with van der Waals surface area (Å²) in [5.41, 5.74) is 2.99. The van der Waals surface area contributed by atoms with Gasteiger partial charge in [0.1, 0.15) is 5.71 Å². The maximum Gasteiger partial charge on any atom is 0.268 e. The molecule has 1 aliphatic heterocycles. The zero-order chi connectivity index (χ0) is 19.6. The summed E-state index contributed by atoms with van der Waals surface area (Å²) in [6.45, 7) is 3.09. The van der Waals surface area contributed by atoms with Gasteiger partial charge >= 0.3 is 0 Å². The Bertz CT molecular complexity index is 1210. The summed E-state index contributed by atoms with van der Waals surface area (Å²) in [5.74, 6) is 0.543. The van der Waals surface area contributed by atoms with Crippen LogP contribution in [0.25, 0.3) is 10.9 Å². The lowest BCUT2D eigenvalue weighted by molar-refractivity contribution is 0.302. The second-order valence-corrected chi connectivity index (χ2v) is 9.59. The Morgan fingerprint density at radius 1 is 1.11 bits per heavy atom. The van der Waals surface area contributed by atoms with Crippen LogP contribution in [0, 0.1) is 5.92 Å². The number of aromatic nitrogens is 1. The molecule has 1 fully saturated rings. The first kappa shape index (κ1) is 17.5. The van der Waals surface area contributed by atoms with E-state index in [-0.39, 0.29) is 16.9 Å². The Kier molecular flexibility index (Phi) is 3.70. The van der Waals surface area contributed by atoms with E-state index < -0.39 is 10.0 Å². The van der Waals surface area contributed by atoms with Crippen molar-refractivity contribution in [3.05, 3.63) is 65.9 Å². The highest BCUT2D eigenvalue weighted by atomic mass is 32.2. The first-order valence-electron chi connectivity index (χ1n) is 9.32. The van der Waals surface area contributed by atoms with Crippen molar-refractivity contribution in [3.63, 3.8) is 0 Å². The normalized spacial score (nSPS) is 26.1. The van der Waals surface area contributed by atoms with Crippen LogP contribution >= 0.6 is 0 Å². The Labute approximate surface area is 163 Å². The second kappa shape index (κ2) is 5.93. The van der Waals surface area contributed by atoms with Crippen molar-refractivity contribution in [1.82, 2.24) is 8.87 Å². The molecule has 0 saturated carbocycles. The molecule has 1 N–H and O–H groups in total. The van der Waals surface area contributed by atoms with Crippen molar-refractivity contribution in [1.29, 1.82) is 0 Å². The average Bonchev–Trinajstić information content (AvgIpc) is 3.23. The predicted molar refractivity (Wildman–Crippen MR) is 108 cm³/mol. The summed E-state index contributed by atoms with van der Waals surface area (Å²) in [7, 11) is -1.74. The lowest BCUT2D eigenvalue weighted by Gasteiger charge is -2.31. The van der Waals surface area contributed by atoms with E-state index in [1.54, 1.807) is 36.5 Å². The molecule has 2 aliphatic rings. The molecule has 0 bridgehead atoms. The monoisotopic (exact) mass is 395 g/mol. The smallest absolute Gasteiger partial charge is 0.268 e. The minimum atomic E-state index is -3.76. The lowest BCUT2D eigenvalue weighted by atomic mass is 9.76. The van der Waals surface area contributed by atoms with E-state index >= 15 is 0 Å². The molecular formula is C21H21N3O3S. The highest BCUT2D eigenvalue weighted by Crippen LogP contribution is 2.47. The highest BCUT2D eigenvalue weighted by Gasteiger charge is 2.47.